The van der Waals surface area contributed by atoms with Crippen molar-refractivity contribution in [3.05, 3.63) is 63.1 Å². The van der Waals surface area contributed by atoms with Crippen LogP contribution in [0, 0.1) is 0 Å². The second kappa shape index (κ2) is 8.39. The zero-order chi connectivity index (χ0) is 15.9. The first-order chi connectivity index (χ1) is 10.6. The summed E-state index contributed by atoms with van der Waals surface area (Å²) < 4.78 is 0. The number of carbonyl (C=O) groups excluding carboxylic acids is 1. The van der Waals surface area contributed by atoms with Gasteiger partial charge in [0.15, 0.2) is 0 Å². The van der Waals surface area contributed by atoms with Crippen LogP contribution >= 0.6 is 34.8 Å². The van der Waals surface area contributed by atoms with E-state index in [0.29, 0.717) is 35.2 Å². The van der Waals surface area contributed by atoms with Gasteiger partial charge in [-0.25, -0.2) is 0 Å². The molecule has 0 aliphatic carbocycles. The number of nitrogens with one attached hydrogen (secondary N) is 2. The van der Waals surface area contributed by atoms with Crippen molar-refractivity contribution >= 4 is 46.4 Å². The molecule has 3 nitrogen and oxygen atoms in total. The fourth-order valence-corrected chi connectivity index (χ4v) is 2.36. The number of carbonyl (C=O) groups is 1. The Labute approximate surface area is 144 Å². The Kier molecular flexibility index (Phi) is 6.52. The van der Waals surface area contributed by atoms with Crippen LogP contribution in [0.3, 0.4) is 0 Å². The molecule has 0 aliphatic heterocycles. The molecule has 2 aromatic carbocycles. The van der Waals surface area contributed by atoms with Crippen LogP contribution < -0.4 is 10.6 Å². The van der Waals surface area contributed by atoms with E-state index >= 15 is 0 Å². The lowest BCUT2D eigenvalue weighted by atomic mass is 10.2. The van der Waals surface area contributed by atoms with Gasteiger partial charge >= 0.3 is 0 Å². The van der Waals surface area contributed by atoms with Crippen LogP contribution in [0.15, 0.2) is 42.5 Å². The molecule has 0 unspecified atom stereocenters. The fourth-order valence-electron chi connectivity index (χ4n) is 1.86. The van der Waals surface area contributed by atoms with Crippen molar-refractivity contribution in [2.75, 3.05) is 11.9 Å². The minimum atomic E-state index is -0.0925. The van der Waals surface area contributed by atoms with Gasteiger partial charge in [-0.3, -0.25) is 4.79 Å². The van der Waals surface area contributed by atoms with Crippen molar-refractivity contribution < 1.29 is 4.79 Å². The van der Waals surface area contributed by atoms with Crippen molar-refractivity contribution in [2.24, 2.45) is 0 Å². The van der Waals surface area contributed by atoms with E-state index in [2.05, 4.69) is 10.6 Å². The number of amides is 1. The lowest BCUT2D eigenvalue weighted by Gasteiger charge is -2.08. The Morgan fingerprint density at radius 2 is 1.73 bits per heavy atom. The Morgan fingerprint density at radius 3 is 2.45 bits per heavy atom. The third kappa shape index (κ3) is 5.18. The van der Waals surface area contributed by atoms with Crippen molar-refractivity contribution in [1.29, 1.82) is 0 Å². The molecule has 22 heavy (non-hydrogen) atoms. The van der Waals surface area contributed by atoms with Gasteiger partial charge in [-0.2, -0.15) is 0 Å². The van der Waals surface area contributed by atoms with Gasteiger partial charge in [0.1, 0.15) is 0 Å². The largest absolute Gasteiger partial charge is 0.326 e. The molecule has 116 valence electrons. The molecule has 0 saturated heterocycles. The van der Waals surface area contributed by atoms with E-state index in [-0.39, 0.29) is 5.91 Å². The van der Waals surface area contributed by atoms with Crippen LogP contribution in [0.4, 0.5) is 5.69 Å². The van der Waals surface area contributed by atoms with E-state index in [1.165, 1.54) is 0 Å². The molecule has 0 aliphatic rings. The fraction of sp³-hybridized carbons (Fsp3) is 0.188. The molecular formula is C16H15Cl3N2O. The predicted octanol–water partition coefficient (Wildman–Crippen LogP) is 4.77. The maximum Gasteiger partial charge on any atom is 0.225 e. The minimum absolute atomic E-state index is 0.0925. The molecular weight excluding hydrogens is 343 g/mol. The van der Waals surface area contributed by atoms with Gasteiger partial charge in [0.25, 0.3) is 0 Å². The van der Waals surface area contributed by atoms with E-state index in [4.69, 9.17) is 34.8 Å². The third-order valence-electron chi connectivity index (χ3n) is 3.01. The zero-order valence-corrected chi connectivity index (χ0v) is 14.0. The highest BCUT2D eigenvalue weighted by Gasteiger charge is 2.05. The van der Waals surface area contributed by atoms with Crippen LogP contribution in [0.1, 0.15) is 12.0 Å². The van der Waals surface area contributed by atoms with Crippen molar-refractivity contribution in [1.82, 2.24) is 5.32 Å². The Bertz CT molecular complexity index is 662. The smallest absolute Gasteiger partial charge is 0.225 e. The van der Waals surface area contributed by atoms with Crippen LogP contribution in [-0.4, -0.2) is 12.5 Å². The van der Waals surface area contributed by atoms with Gasteiger partial charge in [0.2, 0.25) is 5.91 Å². The number of anilines is 1. The average Bonchev–Trinajstić information content (AvgIpc) is 2.49. The quantitative estimate of drug-likeness (QED) is 0.731. The summed E-state index contributed by atoms with van der Waals surface area (Å²) in [4.78, 5) is 11.8. The highest BCUT2D eigenvalue weighted by atomic mass is 35.5. The third-order valence-corrected chi connectivity index (χ3v) is 4.11. The molecule has 2 rings (SSSR count). The summed E-state index contributed by atoms with van der Waals surface area (Å²) in [5.74, 6) is -0.0925. The molecule has 6 heteroatoms. The van der Waals surface area contributed by atoms with Crippen molar-refractivity contribution in [2.45, 2.75) is 13.0 Å². The molecule has 2 aromatic rings. The standard InChI is InChI=1S/C16H15Cl3N2O/c17-13-4-2-1-3-11(13)10-20-8-7-16(22)21-12-5-6-14(18)15(19)9-12/h1-6,9,20H,7-8,10H2,(H,21,22). The second-order valence-electron chi connectivity index (χ2n) is 4.70. The highest BCUT2D eigenvalue weighted by Crippen LogP contribution is 2.25. The second-order valence-corrected chi connectivity index (χ2v) is 5.92. The first-order valence-electron chi connectivity index (χ1n) is 6.75. The first kappa shape index (κ1) is 17.1. The van der Waals surface area contributed by atoms with Crippen LogP contribution in [0.2, 0.25) is 15.1 Å². The van der Waals surface area contributed by atoms with E-state index in [0.717, 1.165) is 10.6 Å². The number of hydrogen-bond donors (Lipinski definition) is 2. The predicted molar refractivity (Wildman–Crippen MR) is 92.9 cm³/mol. The molecule has 0 heterocycles. The highest BCUT2D eigenvalue weighted by molar-refractivity contribution is 6.42. The lowest BCUT2D eigenvalue weighted by molar-refractivity contribution is -0.116. The van der Waals surface area contributed by atoms with E-state index in [1.54, 1.807) is 18.2 Å². The Morgan fingerprint density at radius 1 is 0.955 bits per heavy atom. The molecule has 0 atom stereocenters. The maximum absolute atomic E-state index is 11.8. The molecule has 0 aromatic heterocycles. The van der Waals surface area contributed by atoms with Crippen LogP contribution in [-0.2, 0) is 11.3 Å². The summed E-state index contributed by atoms with van der Waals surface area (Å²) in [5, 5.41) is 7.55. The Balaban J connectivity index is 1.74. The lowest BCUT2D eigenvalue weighted by Crippen LogP contribution is -2.21. The zero-order valence-electron chi connectivity index (χ0n) is 11.7. The van der Waals surface area contributed by atoms with E-state index in [9.17, 15) is 4.79 Å². The van der Waals surface area contributed by atoms with Crippen LogP contribution in [0.5, 0.6) is 0 Å². The van der Waals surface area contributed by atoms with Gasteiger partial charge in [0.05, 0.1) is 10.0 Å². The summed E-state index contributed by atoms with van der Waals surface area (Å²) in [5.41, 5.74) is 1.64. The molecule has 0 radical (unpaired) electrons. The summed E-state index contributed by atoms with van der Waals surface area (Å²) in [7, 11) is 0. The molecule has 1 amide bonds. The summed E-state index contributed by atoms with van der Waals surface area (Å²) in [6, 6.07) is 12.6. The number of rotatable bonds is 6. The van der Waals surface area contributed by atoms with Gasteiger partial charge in [-0.1, -0.05) is 53.0 Å². The number of hydrogen-bond acceptors (Lipinski definition) is 2. The Hall–Kier alpha value is -1.26. The van der Waals surface area contributed by atoms with Crippen molar-refractivity contribution in [3.63, 3.8) is 0 Å². The van der Waals surface area contributed by atoms with Gasteiger partial charge in [-0.05, 0) is 29.8 Å². The van der Waals surface area contributed by atoms with E-state index in [1.807, 2.05) is 24.3 Å². The SMILES string of the molecule is O=C(CCNCc1ccccc1Cl)Nc1ccc(Cl)c(Cl)c1. The van der Waals surface area contributed by atoms with Gasteiger partial charge in [-0.15, -0.1) is 0 Å². The minimum Gasteiger partial charge on any atom is -0.326 e. The normalized spacial score (nSPS) is 10.5. The molecule has 0 fully saturated rings. The molecule has 2 N–H and O–H groups in total. The number of benzene rings is 2. The number of halogens is 3. The first-order valence-corrected chi connectivity index (χ1v) is 7.88. The average molecular weight is 358 g/mol. The molecule has 0 saturated carbocycles. The summed E-state index contributed by atoms with van der Waals surface area (Å²) in [6.45, 7) is 1.18. The summed E-state index contributed by atoms with van der Waals surface area (Å²) in [6.07, 6.45) is 0.352. The van der Waals surface area contributed by atoms with Crippen LogP contribution in [0.25, 0.3) is 0 Å². The molecule has 0 bridgehead atoms. The molecule has 0 spiro atoms. The summed E-state index contributed by atoms with van der Waals surface area (Å²) >= 11 is 17.8. The topological polar surface area (TPSA) is 41.1 Å². The van der Waals surface area contributed by atoms with Gasteiger partial charge in [0, 0.05) is 30.2 Å². The van der Waals surface area contributed by atoms with Gasteiger partial charge < -0.3 is 10.6 Å². The van der Waals surface area contributed by atoms with E-state index < -0.39 is 0 Å². The monoisotopic (exact) mass is 356 g/mol. The maximum atomic E-state index is 11.8. The van der Waals surface area contributed by atoms with Crippen molar-refractivity contribution in [3.8, 4) is 0 Å².